The van der Waals surface area contributed by atoms with Gasteiger partial charge in [0.2, 0.25) is 11.8 Å². The zero-order valence-electron chi connectivity index (χ0n) is 13.6. The van der Waals surface area contributed by atoms with Crippen LogP contribution < -0.4 is 10.2 Å². The fraction of sp³-hybridized carbons (Fsp3) is 0.526. The molecular formula is C19H20N2O3. The zero-order chi connectivity index (χ0) is 16.6. The molecule has 0 radical (unpaired) electrons. The Hall–Kier alpha value is -2.17. The zero-order valence-corrected chi connectivity index (χ0v) is 13.6. The molecule has 0 aromatic heterocycles. The van der Waals surface area contributed by atoms with Crippen molar-refractivity contribution in [3.05, 3.63) is 29.8 Å². The Morgan fingerprint density at radius 2 is 1.67 bits per heavy atom. The molecule has 1 saturated heterocycles. The van der Waals surface area contributed by atoms with Crippen molar-refractivity contribution in [2.45, 2.75) is 19.3 Å². The van der Waals surface area contributed by atoms with Gasteiger partial charge in [0.05, 0.1) is 17.5 Å². The minimum Gasteiger partial charge on any atom is -0.355 e. The van der Waals surface area contributed by atoms with Gasteiger partial charge in [-0.05, 0) is 61.1 Å². The van der Waals surface area contributed by atoms with Crippen molar-refractivity contribution < 1.29 is 14.4 Å². The SMILES string of the molecule is CNC(=O)c1cccc(N2C(=O)[C@@H]3[C@@H]4CC[C@@H]([C@H]5C[C@H]54)[C@@H]3C2=O)c1. The molecule has 4 aliphatic carbocycles. The Morgan fingerprint density at radius 3 is 2.25 bits per heavy atom. The predicted octanol–water partition coefficient (Wildman–Crippen LogP) is 1.83. The molecule has 2 bridgehead atoms. The maximum atomic E-state index is 13.1. The highest BCUT2D eigenvalue weighted by Crippen LogP contribution is 2.68. The van der Waals surface area contributed by atoms with E-state index in [4.69, 9.17) is 0 Å². The van der Waals surface area contributed by atoms with E-state index in [0.29, 0.717) is 34.9 Å². The molecule has 5 fully saturated rings. The van der Waals surface area contributed by atoms with Gasteiger partial charge in [-0.3, -0.25) is 19.3 Å². The van der Waals surface area contributed by atoms with Crippen molar-refractivity contribution in [2.75, 3.05) is 11.9 Å². The standard InChI is InChI=1S/C19H20N2O3/c1-20-17(22)9-3-2-4-10(7-9)21-18(23)15-11-5-6-12(14-8-13(11)14)16(15)19(21)24/h2-4,7,11-16H,5-6,8H2,1H3,(H,20,22)/t11-,12+,13+,14-,15-,16+. The average molecular weight is 324 g/mol. The lowest BCUT2D eigenvalue weighted by Crippen LogP contribution is -2.43. The van der Waals surface area contributed by atoms with Crippen LogP contribution in [0.2, 0.25) is 0 Å². The molecule has 1 heterocycles. The number of hydrogen-bond acceptors (Lipinski definition) is 3. The third kappa shape index (κ3) is 1.67. The van der Waals surface area contributed by atoms with Gasteiger partial charge in [0.15, 0.2) is 0 Å². The van der Waals surface area contributed by atoms with E-state index in [-0.39, 0.29) is 29.6 Å². The van der Waals surface area contributed by atoms with E-state index in [1.165, 1.54) is 11.3 Å². The van der Waals surface area contributed by atoms with Gasteiger partial charge in [-0.2, -0.15) is 0 Å². The number of amides is 3. The normalized spacial score (nSPS) is 38.8. The first kappa shape index (κ1) is 14.2. The van der Waals surface area contributed by atoms with Gasteiger partial charge < -0.3 is 5.32 Å². The Morgan fingerprint density at radius 1 is 1.04 bits per heavy atom. The van der Waals surface area contributed by atoms with E-state index in [0.717, 1.165) is 12.8 Å². The number of anilines is 1. The van der Waals surface area contributed by atoms with E-state index >= 15 is 0 Å². The van der Waals surface area contributed by atoms with E-state index in [2.05, 4.69) is 5.32 Å². The lowest BCUT2D eigenvalue weighted by molar-refractivity contribution is -0.129. The number of carbonyl (C=O) groups excluding carboxylic acids is 3. The molecular weight excluding hydrogens is 304 g/mol. The Labute approximate surface area is 140 Å². The first-order valence-corrected chi connectivity index (χ1v) is 8.81. The maximum Gasteiger partial charge on any atom is 0.251 e. The number of hydrogen-bond donors (Lipinski definition) is 1. The third-order valence-electron chi connectivity index (χ3n) is 6.74. The lowest BCUT2D eigenvalue weighted by atomic mass is 9.59. The van der Waals surface area contributed by atoms with Gasteiger partial charge in [0.25, 0.3) is 5.91 Å². The van der Waals surface area contributed by atoms with Crippen molar-refractivity contribution in [3.63, 3.8) is 0 Å². The van der Waals surface area contributed by atoms with Crippen LogP contribution in [-0.2, 0) is 9.59 Å². The first-order valence-electron chi connectivity index (χ1n) is 8.81. The molecule has 1 aromatic rings. The highest BCUT2D eigenvalue weighted by molar-refractivity contribution is 6.22. The second kappa shape index (κ2) is 4.68. The second-order valence-electron chi connectivity index (χ2n) is 7.66. The minimum absolute atomic E-state index is 0.0425. The van der Waals surface area contributed by atoms with E-state index in [1.807, 2.05) is 0 Å². The molecule has 4 saturated carbocycles. The number of benzene rings is 1. The smallest absolute Gasteiger partial charge is 0.251 e. The van der Waals surface area contributed by atoms with Crippen molar-refractivity contribution in [1.29, 1.82) is 0 Å². The average Bonchev–Trinajstić information content (AvgIpc) is 3.38. The molecule has 5 heteroatoms. The monoisotopic (exact) mass is 324 g/mol. The molecule has 124 valence electrons. The quantitative estimate of drug-likeness (QED) is 0.844. The molecule has 0 unspecified atom stereocenters. The summed E-state index contributed by atoms with van der Waals surface area (Å²) in [5.41, 5.74) is 1.00. The predicted molar refractivity (Wildman–Crippen MR) is 87.1 cm³/mol. The topological polar surface area (TPSA) is 66.5 Å². The summed E-state index contributed by atoms with van der Waals surface area (Å²) >= 11 is 0. The van der Waals surface area contributed by atoms with Gasteiger partial charge in [-0.1, -0.05) is 6.07 Å². The minimum atomic E-state index is -0.213. The van der Waals surface area contributed by atoms with Crippen LogP contribution in [-0.4, -0.2) is 24.8 Å². The number of rotatable bonds is 2. The van der Waals surface area contributed by atoms with E-state index in [1.54, 1.807) is 31.3 Å². The van der Waals surface area contributed by atoms with Gasteiger partial charge >= 0.3 is 0 Å². The fourth-order valence-electron chi connectivity index (χ4n) is 5.72. The van der Waals surface area contributed by atoms with Gasteiger partial charge in [-0.15, -0.1) is 0 Å². The molecule has 24 heavy (non-hydrogen) atoms. The summed E-state index contributed by atoms with van der Waals surface area (Å²) in [6, 6.07) is 6.82. The summed E-state index contributed by atoms with van der Waals surface area (Å²) in [4.78, 5) is 39.3. The summed E-state index contributed by atoms with van der Waals surface area (Å²) < 4.78 is 0. The lowest BCUT2D eigenvalue weighted by Gasteiger charge is -2.42. The summed E-state index contributed by atoms with van der Waals surface area (Å²) in [6.07, 6.45) is 3.41. The van der Waals surface area contributed by atoms with Crippen molar-refractivity contribution in [3.8, 4) is 0 Å². The molecule has 1 N–H and O–H groups in total. The van der Waals surface area contributed by atoms with Crippen molar-refractivity contribution in [2.24, 2.45) is 35.5 Å². The molecule has 3 amide bonds. The summed E-state index contributed by atoms with van der Waals surface area (Å²) in [6.45, 7) is 0. The summed E-state index contributed by atoms with van der Waals surface area (Å²) in [5, 5.41) is 2.58. The number of fused-ring (bicyclic) bond motifs is 1. The largest absolute Gasteiger partial charge is 0.355 e. The number of nitrogens with zero attached hydrogens (tertiary/aromatic N) is 1. The van der Waals surface area contributed by atoms with E-state index < -0.39 is 0 Å². The van der Waals surface area contributed by atoms with Crippen LogP contribution in [0.4, 0.5) is 5.69 Å². The van der Waals surface area contributed by atoms with Crippen LogP contribution in [0.3, 0.4) is 0 Å². The number of nitrogens with one attached hydrogen (secondary N) is 1. The molecule has 6 atom stereocenters. The highest BCUT2D eigenvalue weighted by Gasteiger charge is 2.68. The Balaban J connectivity index is 1.53. The van der Waals surface area contributed by atoms with Gasteiger partial charge in [0, 0.05) is 12.6 Å². The van der Waals surface area contributed by atoms with Gasteiger partial charge in [0.1, 0.15) is 0 Å². The molecule has 1 aromatic carbocycles. The van der Waals surface area contributed by atoms with Gasteiger partial charge in [-0.25, -0.2) is 0 Å². The summed E-state index contributed by atoms with van der Waals surface area (Å²) in [7, 11) is 1.57. The van der Waals surface area contributed by atoms with Crippen LogP contribution in [0.15, 0.2) is 24.3 Å². The van der Waals surface area contributed by atoms with Crippen molar-refractivity contribution in [1.82, 2.24) is 5.32 Å². The van der Waals surface area contributed by atoms with Crippen molar-refractivity contribution >= 4 is 23.4 Å². The van der Waals surface area contributed by atoms with Crippen LogP contribution in [0, 0.1) is 35.5 Å². The molecule has 1 aliphatic heterocycles. The Bertz CT molecular complexity index is 740. The summed E-state index contributed by atoms with van der Waals surface area (Å²) in [5.74, 6) is 1.61. The van der Waals surface area contributed by atoms with E-state index in [9.17, 15) is 14.4 Å². The van der Waals surface area contributed by atoms with Crippen LogP contribution >= 0.6 is 0 Å². The molecule has 5 aliphatic rings. The van der Waals surface area contributed by atoms with Crippen LogP contribution in [0.5, 0.6) is 0 Å². The first-order chi connectivity index (χ1) is 11.6. The molecule has 5 nitrogen and oxygen atoms in total. The number of carbonyl (C=O) groups is 3. The number of imide groups is 1. The Kier molecular flexibility index (Phi) is 2.77. The molecule has 6 rings (SSSR count). The second-order valence-corrected chi connectivity index (χ2v) is 7.66. The molecule has 0 spiro atoms. The van der Waals surface area contributed by atoms with Crippen LogP contribution in [0.1, 0.15) is 29.6 Å². The maximum absolute atomic E-state index is 13.1. The fourth-order valence-corrected chi connectivity index (χ4v) is 5.72. The third-order valence-corrected chi connectivity index (χ3v) is 6.74. The highest BCUT2D eigenvalue weighted by atomic mass is 16.2. The van der Waals surface area contributed by atoms with Crippen LogP contribution in [0.25, 0.3) is 0 Å².